The molecule has 6 heteroatoms. The van der Waals surface area contributed by atoms with Crippen LogP contribution >= 0.6 is 23.2 Å². The summed E-state index contributed by atoms with van der Waals surface area (Å²) in [5, 5.41) is 0.925. The minimum Gasteiger partial charge on any atom is -0.312 e. The van der Waals surface area contributed by atoms with Gasteiger partial charge in [-0.3, -0.25) is 9.59 Å². The fraction of sp³-hybridized carbons (Fsp3) is 0.263. The second-order valence-electron chi connectivity index (χ2n) is 5.95. The Morgan fingerprint density at radius 3 is 2.40 bits per heavy atom. The van der Waals surface area contributed by atoms with E-state index in [2.05, 4.69) is 0 Å². The first-order valence-corrected chi connectivity index (χ1v) is 8.88. The molecule has 0 saturated carbocycles. The van der Waals surface area contributed by atoms with Gasteiger partial charge in [0.15, 0.2) is 0 Å². The van der Waals surface area contributed by atoms with Gasteiger partial charge in [-0.05, 0) is 37.3 Å². The summed E-state index contributed by atoms with van der Waals surface area (Å²) in [6.45, 7) is 2.81. The third-order valence-corrected chi connectivity index (χ3v) is 4.72. The van der Waals surface area contributed by atoms with Gasteiger partial charge in [-0.1, -0.05) is 41.4 Å². The number of benzene rings is 2. The van der Waals surface area contributed by atoms with E-state index in [1.165, 1.54) is 0 Å². The summed E-state index contributed by atoms with van der Waals surface area (Å²) in [5.41, 5.74) is 1.47. The van der Waals surface area contributed by atoms with Crippen LogP contribution in [0.15, 0.2) is 48.5 Å². The molecule has 0 aromatic heterocycles. The van der Waals surface area contributed by atoms with Crippen LogP contribution in [0.1, 0.15) is 13.3 Å². The lowest BCUT2D eigenvalue weighted by Crippen LogP contribution is -2.37. The molecule has 0 radical (unpaired) electrons. The first-order valence-electron chi connectivity index (χ1n) is 8.12. The average Bonchev–Trinajstić information content (AvgIpc) is 2.97. The molecule has 1 aliphatic heterocycles. The van der Waals surface area contributed by atoms with Gasteiger partial charge in [-0.25, -0.2) is 0 Å². The summed E-state index contributed by atoms with van der Waals surface area (Å²) < 4.78 is 0. The van der Waals surface area contributed by atoms with Crippen molar-refractivity contribution in [2.75, 3.05) is 22.9 Å². The van der Waals surface area contributed by atoms with Crippen molar-refractivity contribution in [2.45, 2.75) is 13.3 Å². The number of anilines is 2. The van der Waals surface area contributed by atoms with E-state index in [1.54, 1.807) is 28.0 Å². The lowest BCUT2D eigenvalue weighted by molar-refractivity contribution is -0.124. The molecule has 2 aromatic carbocycles. The van der Waals surface area contributed by atoms with Crippen LogP contribution in [-0.4, -0.2) is 24.9 Å². The van der Waals surface area contributed by atoms with Crippen molar-refractivity contribution in [2.24, 2.45) is 5.92 Å². The van der Waals surface area contributed by atoms with E-state index in [4.69, 9.17) is 23.2 Å². The van der Waals surface area contributed by atoms with Crippen LogP contribution in [0.3, 0.4) is 0 Å². The highest BCUT2D eigenvalue weighted by Gasteiger charge is 2.37. The van der Waals surface area contributed by atoms with E-state index in [1.807, 2.05) is 37.3 Å². The number of halogens is 2. The maximum atomic E-state index is 12.9. The van der Waals surface area contributed by atoms with Crippen molar-refractivity contribution in [3.63, 3.8) is 0 Å². The summed E-state index contributed by atoms with van der Waals surface area (Å²) in [4.78, 5) is 28.7. The number of hydrogen-bond donors (Lipinski definition) is 0. The Labute approximate surface area is 156 Å². The van der Waals surface area contributed by atoms with Crippen molar-refractivity contribution < 1.29 is 9.59 Å². The van der Waals surface area contributed by atoms with Gasteiger partial charge in [0.25, 0.3) is 0 Å². The van der Waals surface area contributed by atoms with Gasteiger partial charge in [0.2, 0.25) is 11.8 Å². The molecule has 0 bridgehead atoms. The van der Waals surface area contributed by atoms with Crippen molar-refractivity contribution in [3.05, 3.63) is 58.6 Å². The van der Waals surface area contributed by atoms with Crippen molar-refractivity contribution in [1.29, 1.82) is 0 Å². The molecule has 4 nitrogen and oxygen atoms in total. The monoisotopic (exact) mass is 376 g/mol. The number of carbonyl (C=O) groups excluding carboxylic acids is 2. The first kappa shape index (κ1) is 17.8. The van der Waals surface area contributed by atoms with E-state index in [9.17, 15) is 9.59 Å². The fourth-order valence-electron chi connectivity index (χ4n) is 3.11. The standard InChI is InChI=1S/C19H18Cl2N2O2/c1-2-22(16-6-4-3-5-7-16)19(25)13-8-18(24)23(12-13)17-10-14(20)9-15(21)11-17/h3-7,9-11,13H,2,8,12H2,1H3. The molecule has 0 spiro atoms. The second-order valence-corrected chi connectivity index (χ2v) is 6.82. The van der Waals surface area contributed by atoms with E-state index in [-0.39, 0.29) is 24.2 Å². The van der Waals surface area contributed by atoms with Crippen LogP contribution in [-0.2, 0) is 9.59 Å². The highest BCUT2D eigenvalue weighted by atomic mass is 35.5. The Morgan fingerprint density at radius 2 is 1.80 bits per heavy atom. The van der Waals surface area contributed by atoms with Gasteiger partial charge < -0.3 is 9.80 Å². The molecule has 1 unspecified atom stereocenters. The SMILES string of the molecule is CCN(C(=O)C1CC(=O)N(c2cc(Cl)cc(Cl)c2)C1)c1ccccc1. The van der Waals surface area contributed by atoms with Gasteiger partial charge in [-0.15, -0.1) is 0 Å². The normalized spacial score (nSPS) is 17.0. The number of nitrogens with zero attached hydrogens (tertiary/aromatic N) is 2. The molecule has 0 N–H and O–H groups in total. The molecule has 3 rings (SSSR count). The number of para-hydroxylation sites is 1. The summed E-state index contributed by atoms with van der Waals surface area (Å²) in [6, 6.07) is 14.5. The Bertz CT molecular complexity index is 775. The van der Waals surface area contributed by atoms with Crippen LogP contribution in [0.2, 0.25) is 10.0 Å². The van der Waals surface area contributed by atoms with Gasteiger partial charge >= 0.3 is 0 Å². The van der Waals surface area contributed by atoms with Crippen LogP contribution in [0.25, 0.3) is 0 Å². The molecular weight excluding hydrogens is 359 g/mol. The van der Waals surface area contributed by atoms with Gasteiger partial charge in [0.1, 0.15) is 0 Å². The minimum atomic E-state index is -0.384. The fourth-order valence-corrected chi connectivity index (χ4v) is 3.63. The zero-order chi connectivity index (χ0) is 18.0. The van der Waals surface area contributed by atoms with Crippen LogP contribution in [0, 0.1) is 5.92 Å². The Kier molecular flexibility index (Phi) is 5.30. The highest BCUT2D eigenvalue weighted by Crippen LogP contribution is 2.31. The molecule has 2 aromatic rings. The van der Waals surface area contributed by atoms with Crippen molar-refractivity contribution in [1.82, 2.24) is 0 Å². The highest BCUT2D eigenvalue weighted by molar-refractivity contribution is 6.35. The lowest BCUT2D eigenvalue weighted by atomic mass is 10.1. The molecule has 1 aliphatic rings. The van der Waals surface area contributed by atoms with E-state index in [0.717, 1.165) is 5.69 Å². The second kappa shape index (κ2) is 7.46. The van der Waals surface area contributed by atoms with Crippen LogP contribution < -0.4 is 9.80 Å². The topological polar surface area (TPSA) is 40.6 Å². The number of amides is 2. The lowest BCUT2D eigenvalue weighted by Gasteiger charge is -2.24. The van der Waals surface area contributed by atoms with E-state index < -0.39 is 0 Å². The Balaban J connectivity index is 1.80. The molecule has 1 fully saturated rings. The summed E-state index contributed by atoms with van der Waals surface area (Å²) in [6.07, 6.45) is 0.187. The molecular formula is C19H18Cl2N2O2. The zero-order valence-corrected chi connectivity index (χ0v) is 15.3. The first-order chi connectivity index (χ1) is 12.0. The number of rotatable bonds is 4. The zero-order valence-electron chi connectivity index (χ0n) is 13.8. The summed E-state index contributed by atoms with van der Waals surface area (Å²) in [7, 11) is 0. The van der Waals surface area contributed by atoms with Crippen molar-refractivity contribution in [3.8, 4) is 0 Å². The smallest absolute Gasteiger partial charge is 0.232 e. The average molecular weight is 377 g/mol. The van der Waals surface area contributed by atoms with E-state index in [0.29, 0.717) is 28.8 Å². The molecule has 0 aliphatic carbocycles. The number of hydrogen-bond acceptors (Lipinski definition) is 2. The summed E-state index contributed by atoms with van der Waals surface area (Å²) in [5.74, 6) is -0.524. The Hall–Kier alpha value is -2.04. The quantitative estimate of drug-likeness (QED) is 0.793. The predicted molar refractivity (Wildman–Crippen MR) is 101 cm³/mol. The molecule has 1 saturated heterocycles. The van der Waals surface area contributed by atoms with E-state index >= 15 is 0 Å². The molecule has 25 heavy (non-hydrogen) atoms. The van der Waals surface area contributed by atoms with Gasteiger partial charge in [0, 0.05) is 40.9 Å². The van der Waals surface area contributed by atoms with Crippen LogP contribution in [0.4, 0.5) is 11.4 Å². The largest absolute Gasteiger partial charge is 0.312 e. The summed E-state index contributed by atoms with van der Waals surface area (Å²) >= 11 is 12.1. The third-order valence-electron chi connectivity index (χ3n) is 4.28. The van der Waals surface area contributed by atoms with Gasteiger partial charge in [0.05, 0.1) is 5.92 Å². The number of carbonyl (C=O) groups is 2. The Morgan fingerprint density at radius 1 is 1.16 bits per heavy atom. The minimum absolute atomic E-state index is 0.0438. The maximum Gasteiger partial charge on any atom is 0.232 e. The van der Waals surface area contributed by atoms with Crippen molar-refractivity contribution >= 4 is 46.4 Å². The van der Waals surface area contributed by atoms with Gasteiger partial charge in [-0.2, -0.15) is 0 Å². The third kappa shape index (κ3) is 3.80. The van der Waals surface area contributed by atoms with Crippen LogP contribution in [0.5, 0.6) is 0 Å². The molecule has 1 atom stereocenters. The predicted octanol–water partition coefficient (Wildman–Crippen LogP) is 4.40. The molecule has 2 amide bonds. The maximum absolute atomic E-state index is 12.9. The molecule has 130 valence electrons. The molecule has 1 heterocycles.